The van der Waals surface area contributed by atoms with Crippen LogP contribution in [0.5, 0.6) is 0 Å². The predicted molar refractivity (Wildman–Crippen MR) is 96.6 cm³/mol. The Morgan fingerprint density at radius 3 is 2.58 bits per heavy atom. The Labute approximate surface area is 159 Å². The number of hydrogen-bond donors (Lipinski definition) is 1. The molecule has 1 amide bonds. The lowest BCUT2D eigenvalue weighted by Crippen LogP contribution is -2.30. The first-order chi connectivity index (χ1) is 12.4. The Morgan fingerprint density at radius 1 is 1.15 bits per heavy atom. The standard InChI is InChI=1S/C17H14Cl2N2O5/c18-12-6-5-11(14(19)9-12)7-8-20-16(22)10-26-17(23)13-3-1-2-4-15(13)21(24)25/h1-6,9H,7-8,10H2,(H,20,22). The van der Waals surface area contributed by atoms with Crippen molar-refractivity contribution in [3.63, 3.8) is 0 Å². The molecule has 26 heavy (non-hydrogen) atoms. The van der Waals surface area contributed by atoms with Crippen molar-refractivity contribution in [3.05, 3.63) is 73.8 Å². The van der Waals surface area contributed by atoms with Crippen molar-refractivity contribution in [2.75, 3.05) is 13.2 Å². The largest absolute Gasteiger partial charge is 0.452 e. The summed E-state index contributed by atoms with van der Waals surface area (Å²) in [4.78, 5) is 33.9. The summed E-state index contributed by atoms with van der Waals surface area (Å²) in [5.74, 6) is -1.46. The van der Waals surface area contributed by atoms with Gasteiger partial charge in [-0.05, 0) is 30.2 Å². The molecule has 0 fully saturated rings. The average Bonchev–Trinajstić information content (AvgIpc) is 2.61. The molecule has 0 aromatic heterocycles. The number of halogens is 2. The summed E-state index contributed by atoms with van der Waals surface area (Å²) in [7, 11) is 0. The number of ether oxygens (including phenoxy) is 1. The number of nitrogens with one attached hydrogen (secondary N) is 1. The van der Waals surface area contributed by atoms with Crippen LogP contribution in [0.4, 0.5) is 5.69 Å². The molecule has 2 aromatic rings. The molecule has 136 valence electrons. The van der Waals surface area contributed by atoms with Crippen LogP contribution < -0.4 is 5.32 Å². The van der Waals surface area contributed by atoms with Crippen LogP contribution in [0.15, 0.2) is 42.5 Å². The zero-order valence-corrected chi connectivity index (χ0v) is 14.9. The van der Waals surface area contributed by atoms with Gasteiger partial charge in [0.05, 0.1) is 4.92 Å². The molecule has 0 radical (unpaired) electrons. The number of nitro benzene ring substituents is 1. The number of benzene rings is 2. The van der Waals surface area contributed by atoms with E-state index in [1.807, 2.05) is 0 Å². The fourth-order valence-electron chi connectivity index (χ4n) is 2.13. The SMILES string of the molecule is O=C(COC(=O)c1ccccc1[N+](=O)[O-])NCCc1ccc(Cl)cc1Cl. The molecular formula is C17H14Cl2N2O5. The quantitative estimate of drug-likeness (QED) is 0.439. The topological polar surface area (TPSA) is 98.5 Å². The third-order valence-electron chi connectivity index (χ3n) is 3.39. The van der Waals surface area contributed by atoms with Crippen molar-refractivity contribution in [2.24, 2.45) is 0 Å². The first kappa shape index (κ1) is 19.7. The molecule has 0 saturated carbocycles. The highest BCUT2D eigenvalue weighted by Crippen LogP contribution is 2.21. The lowest BCUT2D eigenvalue weighted by atomic mass is 10.1. The second kappa shape index (κ2) is 9.17. The number of amides is 1. The van der Waals surface area contributed by atoms with Gasteiger partial charge in [-0.3, -0.25) is 14.9 Å². The Bertz CT molecular complexity index is 842. The second-order valence-electron chi connectivity index (χ2n) is 5.19. The lowest BCUT2D eigenvalue weighted by Gasteiger charge is -2.08. The average molecular weight is 397 g/mol. The van der Waals surface area contributed by atoms with Crippen LogP contribution in [0.25, 0.3) is 0 Å². The minimum Gasteiger partial charge on any atom is -0.452 e. The summed E-state index contributed by atoms with van der Waals surface area (Å²) in [5, 5.41) is 14.5. The maximum Gasteiger partial charge on any atom is 0.345 e. The molecule has 7 nitrogen and oxygen atoms in total. The van der Waals surface area contributed by atoms with Crippen molar-refractivity contribution < 1.29 is 19.2 Å². The number of rotatable bonds is 7. The van der Waals surface area contributed by atoms with E-state index in [0.29, 0.717) is 16.5 Å². The van der Waals surface area contributed by atoms with Gasteiger partial charge in [0, 0.05) is 22.7 Å². The van der Waals surface area contributed by atoms with Crippen molar-refractivity contribution in [1.29, 1.82) is 0 Å². The number of carbonyl (C=O) groups excluding carboxylic acids is 2. The molecule has 0 atom stereocenters. The van der Waals surface area contributed by atoms with Gasteiger partial charge in [0.2, 0.25) is 0 Å². The molecule has 0 heterocycles. The molecule has 1 N–H and O–H groups in total. The smallest absolute Gasteiger partial charge is 0.345 e. The Hall–Kier alpha value is -2.64. The van der Waals surface area contributed by atoms with E-state index < -0.39 is 23.4 Å². The lowest BCUT2D eigenvalue weighted by molar-refractivity contribution is -0.385. The Kier molecular flexibility index (Phi) is 6.94. The zero-order chi connectivity index (χ0) is 19.1. The van der Waals surface area contributed by atoms with Crippen LogP contribution in [0.1, 0.15) is 15.9 Å². The van der Waals surface area contributed by atoms with E-state index in [1.54, 1.807) is 18.2 Å². The van der Waals surface area contributed by atoms with E-state index in [0.717, 1.165) is 5.56 Å². The van der Waals surface area contributed by atoms with Gasteiger partial charge in [-0.1, -0.05) is 41.4 Å². The van der Waals surface area contributed by atoms with E-state index in [4.69, 9.17) is 27.9 Å². The summed E-state index contributed by atoms with van der Waals surface area (Å²) >= 11 is 11.8. The van der Waals surface area contributed by atoms with Gasteiger partial charge in [-0.15, -0.1) is 0 Å². The van der Waals surface area contributed by atoms with E-state index in [-0.39, 0.29) is 17.8 Å². The maximum absolute atomic E-state index is 11.9. The van der Waals surface area contributed by atoms with Gasteiger partial charge in [0.25, 0.3) is 11.6 Å². The molecule has 0 aliphatic rings. The monoisotopic (exact) mass is 396 g/mol. The number of nitrogens with zero attached hydrogens (tertiary/aromatic N) is 1. The molecule has 0 saturated heterocycles. The van der Waals surface area contributed by atoms with E-state index in [1.165, 1.54) is 24.3 Å². The molecule has 0 aliphatic carbocycles. The van der Waals surface area contributed by atoms with Gasteiger partial charge in [0.1, 0.15) is 5.56 Å². The molecule has 2 rings (SSSR count). The molecule has 9 heteroatoms. The molecular weight excluding hydrogens is 383 g/mol. The van der Waals surface area contributed by atoms with Crippen LogP contribution in [-0.4, -0.2) is 30.0 Å². The minimum absolute atomic E-state index is 0.210. The molecule has 2 aromatic carbocycles. The number of carbonyl (C=O) groups is 2. The highest BCUT2D eigenvalue weighted by atomic mass is 35.5. The number of esters is 1. The summed E-state index contributed by atoms with van der Waals surface area (Å²) in [6, 6.07) is 10.4. The fraction of sp³-hybridized carbons (Fsp3) is 0.176. The van der Waals surface area contributed by atoms with Crippen molar-refractivity contribution in [2.45, 2.75) is 6.42 Å². The van der Waals surface area contributed by atoms with Gasteiger partial charge in [0.15, 0.2) is 6.61 Å². The number of para-hydroxylation sites is 1. The summed E-state index contributed by atoms with van der Waals surface area (Å²) in [6.07, 6.45) is 0.472. The first-order valence-corrected chi connectivity index (χ1v) is 8.25. The van der Waals surface area contributed by atoms with Gasteiger partial charge >= 0.3 is 5.97 Å². The fourth-order valence-corrected chi connectivity index (χ4v) is 2.63. The molecule has 0 bridgehead atoms. The summed E-state index contributed by atoms with van der Waals surface area (Å²) < 4.78 is 4.82. The van der Waals surface area contributed by atoms with Gasteiger partial charge in [-0.2, -0.15) is 0 Å². The van der Waals surface area contributed by atoms with Gasteiger partial charge in [-0.25, -0.2) is 4.79 Å². The third kappa shape index (κ3) is 5.44. The van der Waals surface area contributed by atoms with Crippen LogP contribution in [0, 0.1) is 10.1 Å². The third-order valence-corrected chi connectivity index (χ3v) is 3.97. The van der Waals surface area contributed by atoms with Crippen LogP contribution in [0.3, 0.4) is 0 Å². The van der Waals surface area contributed by atoms with Crippen LogP contribution in [-0.2, 0) is 16.0 Å². The van der Waals surface area contributed by atoms with Crippen LogP contribution >= 0.6 is 23.2 Å². The van der Waals surface area contributed by atoms with Crippen molar-refractivity contribution in [3.8, 4) is 0 Å². The molecule has 0 spiro atoms. The highest BCUT2D eigenvalue weighted by Gasteiger charge is 2.21. The molecule has 0 unspecified atom stereocenters. The minimum atomic E-state index is -0.937. The number of nitro groups is 1. The van der Waals surface area contributed by atoms with E-state index in [9.17, 15) is 19.7 Å². The highest BCUT2D eigenvalue weighted by molar-refractivity contribution is 6.35. The number of hydrogen-bond acceptors (Lipinski definition) is 5. The summed E-state index contributed by atoms with van der Waals surface area (Å²) in [5.41, 5.74) is 0.224. The van der Waals surface area contributed by atoms with E-state index in [2.05, 4.69) is 5.32 Å². The zero-order valence-electron chi connectivity index (χ0n) is 13.4. The molecule has 0 aliphatic heterocycles. The van der Waals surface area contributed by atoms with Crippen LogP contribution in [0.2, 0.25) is 10.0 Å². The Morgan fingerprint density at radius 2 is 1.88 bits per heavy atom. The van der Waals surface area contributed by atoms with Crippen molar-refractivity contribution in [1.82, 2.24) is 5.32 Å². The summed E-state index contributed by atoms with van der Waals surface area (Å²) in [6.45, 7) is -0.261. The maximum atomic E-state index is 11.9. The van der Waals surface area contributed by atoms with Crippen molar-refractivity contribution >= 4 is 40.8 Å². The normalized spacial score (nSPS) is 10.2. The second-order valence-corrected chi connectivity index (χ2v) is 6.03. The Balaban J connectivity index is 1.82. The van der Waals surface area contributed by atoms with E-state index >= 15 is 0 Å². The van der Waals surface area contributed by atoms with Gasteiger partial charge < -0.3 is 10.1 Å². The predicted octanol–water partition coefficient (Wildman–Crippen LogP) is 3.42. The first-order valence-electron chi connectivity index (χ1n) is 7.49.